The number of carbonyl (C=O) groups is 1. The van der Waals surface area contributed by atoms with Gasteiger partial charge in [-0.05, 0) is 30.3 Å². The molecule has 9 heteroatoms. The van der Waals surface area contributed by atoms with E-state index in [1.54, 1.807) is 30.3 Å². The van der Waals surface area contributed by atoms with E-state index in [9.17, 15) is 22.8 Å². The highest BCUT2D eigenvalue weighted by atomic mass is 19.4. The van der Waals surface area contributed by atoms with Gasteiger partial charge in [-0.3, -0.25) is 9.69 Å². The van der Waals surface area contributed by atoms with Crippen LogP contribution in [0.25, 0.3) is 11.0 Å². The van der Waals surface area contributed by atoms with Crippen LogP contribution in [0.5, 0.6) is 0 Å². The third-order valence-corrected chi connectivity index (χ3v) is 5.39. The van der Waals surface area contributed by atoms with Crippen LogP contribution in [0.15, 0.2) is 53.3 Å². The van der Waals surface area contributed by atoms with Crippen molar-refractivity contribution in [2.24, 2.45) is 0 Å². The van der Waals surface area contributed by atoms with Gasteiger partial charge in [-0.25, -0.2) is 9.36 Å². The fourth-order valence-corrected chi connectivity index (χ4v) is 3.78. The van der Waals surface area contributed by atoms with Crippen molar-refractivity contribution in [3.05, 3.63) is 64.6 Å². The SMILES string of the molecule is O=C(CCN1CCN(c2cccc(C(F)(F)F)c2)CC1)n1c(=O)[nH]c2ccccc21. The molecule has 1 aliphatic rings. The van der Waals surface area contributed by atoms with Crippen LogP contribution in [-0.2, 0) is 6.18 Å². The summed E-state index contributed by atoms with van der Waals surface area (Å²) in [4.78, 5) is 31.4. The summed E-state index contributed by atoms with van der Waals surface area (Å²) in [5.74, 6) is -0.280. The number of fused-ring (bicyclic) bond motifs is 1. The predicted molar refractivity (Wildman–Crippen MR) is 108 cm³/mol. The fraction of sp³-hybridized carbons (Fsp3) is 0.333. The van der Waals surface area contributed by atoms with Crippen LogP contribution in [-0.4, -0.2) is 53.1 Å². The fourth-order valence-electron chi connectivity index (χ4n) is 3.78. The zero-order valence-electron chi connectivity index (χ0n) is 16.2. The molecule has 0 atom stereocenters. The molecular formula is C21H21F3N4O2. The van der Waals surface area contributed by atoms with E-state index < -0.39 is 17.4 Å². The summed E-state index contributed by atoms with van der Waals surface area (Å²) in [6, 6.07) is 12.4. The van der Waals surface area contributed by atoms with Crippen molar-refractivity contribution in [2.75, 3.05) is 37.6 Å². The molecule has 1 aromatic heterocycles. The number of piperazine rings is 1. The van der Waals surface area contributed by atoms with Crippen LogP contribution < -0.4 is 10.6 Å². The highest BCUT2D eigenvalue weighted by Gasteiger charge is 2.31. The van der Waals surface area contributed by atoms with Gasteiger partial charge in [0.25, 0.3) is 0 Å². The molecule has 6 nitrogen and oxygen atoms in total. The molecule has 2 aromatic carbocycles. The average Bonchev–Trinajstić information content (AvgIpc) is 3.07. The minimum absolute atomic E-state index is 0.186. The Hall–Kier alpha value is -3.07. The molecule has 0 bridgehead atoms. The first-order valence-electron chi connectivity index (χ1n) is 9.70. The van der Waals surface area contributed by atoms with Gasteiger partial charge in [0.2, 0.25) is 5.91 Å². The molecule has 158 valence electrons. The van der Waals surface area contributed by atoms with Gasteiger partial charge in [-0.2, -0.15) is 13.2 Å². The summed E-state index contributed by atoms with van der Waals surface area (Å²) in [7, 11) is 0. The summed E-state index contributed by atoms with van der Waals surface area (Å²) < 4.78 is 40.0. The number of rotatable bonds is 4. The van der Waals surface area contributed by atoms with Crippen LogP contribution in [0.2, 0.25) is 0 Å². The number of nitrogens with zero attached hydrogens (tertiary/aromatic N) is 3. The number of nitrogens with one attached hydrogen (secondary N) is 1. The lowest BCUT2D eigenvalue weighted by molar-refractivity contribution is -0.137. The quantitative estimate of drug-likeness (QED) is 0.707. The second-order valence-electron chi connectivity index (χ2n) is 7.30. The van der Waals surface area contributed by atoms with Gasteiger partial charge < -0.3 is 9.88 Å². The minimum atomic E-state index is -4.36. The molecule has 1 fully saturated rings. The largest absolute Gasteiger partial charge is 0.416 e. The topological polar surface area (TPSA) is 61.3 Å². The van der Waals surface area contributed by atoms with Crippen LogP contribution in [0.1, 0.15) is 16.8 Å². The Morgan fingerprint density at radius 2 is 1.73 bits per heavy atom. The standard InChI is InChI=1S/C21H21F3N4O2/c22-21(23,24)15-4-3-5-16(14-15)27-12-10-26(11-13-27)9-8-19(29)28-18-7-2-1-6-17(18)25-20(28)30/h1-7,14H,8-13H2,(H,25,30). The molecule has 1 saturated heterocycles. The summed E-state index contributed by atoms with van der Waals surface area (Å²) in [5.41, 5.74) is 0.617. The Bertz CT molecular complexity index is 1110. The summed E-state index contributed by atoms with van der Waals surface area (Å²) in [6.07, 6.45) is -4.18. The number of hydrogen-bond acceptors (Lipinski definition) is 4. The average molecular weight is 418 g/mol. The number of hydrogen-bond donors (Lipinski definition) is 1. The van der Waals surface area contributed by atoms with E-state index in [0.29, 0.717) is 49.4 Å². The molecule has 30 heavy (non-hydrogen) atoms. The highest BCUT2D eigenvalue weighted by Crippen LogP contribution is 2.31. The highest BCUT2D eigenvalue weighted by molar-refractivity contribution is 5.90. The number of para-hydroxylation sites is 2. The summed E-state index contributed by atoms with van der Waals surface area (Å²) >= 11 is 0. The number of halogens is 3. The maximum Gasteiger partial charge on any atom is 0.416 e. The van der Waals surface area contributed by atoms with E-state index in [-0.39, 0.29) is 12.3 Å². The van der Waals surface area contributed by atoms with E-state index in [0.717, 1.165) is 10.6 Å². The maximum absolute atomic E-state index is 12.9. The number of anilines is 1. The van der Waals surface area contributed by atoms with Gasteiger partial charge in [-0.15, -0.1) is 0 Å². The Kier molecular flexibility index (Phi) is 5.38. The van der Waals surface area contributed by atoms with Crippen molar-refractivity contribution in [3.8, 4) is 0 Å². The lowest BCUT2D eigenvalue weighted by atomic mass is 10.1. The predicted octanol–water partition coefficient (Wildman–Crippen LogP) is 3.20. The Morgan fingerprint density at radius 1 is 1.00 bits per heavy atom. The molecule has 0 unspecified atom stereocenters. The number of imidazole rings is 1. The molecule has 1 aliphatic heterocycles. The second-order valence-corrected chi connectivity index (χ2v) is 7.30. The van der Waals surface area contributed by atoms with Gasteiger partial charge in [0.1, 0.15) is 0 Å². The van der Waals surface area contributed by atoms with Crippen molar-refractivity contribution >= 4 is 22.6 Å². The van der Waals surface area contributed by atoms with E-state index in [1.165, 1.54) is 12.1 Å². The number of H-pyrrole nitrogens is 1. The number of aromatic nitrogens is 2. The normalized spacial score (nSPS) is 15.6. The molecule has 2 heterocycles. The zero-order valence-corrected chi connectivity index (χ0v) is 16.2. The Balaban J connectivity index is 1.35. The first kappa shape index (κ1) is 20.2. The van der Waals surface area contributed by atoms with Crippen molar-refractivity contribution in [3.63, 3.8) is 0 Å². The van der Waals surface area contributed by atoms with Gasteiger partial charge in [0.15, 0.2) is 0 Å². The van der Waals surface area contributed by atoms with Gasteiger partial charge in [0, 0.05) is 44.8 Å². The molecular weight excluding hydrogens is 397 g/mol. The molecule has 0 aliphatic carbocycles. The minimum Gasteiger partial charge on any atom is -0.369 e. The first-order valence-corrected chi connectivity index (χ1v) is 9.70. The van der Waals surface area contributed by atoms with E-state index in [4.69, 9.17) is 0 Å². The second kappa shape index (κ2) is 7.98. The lowest BCUT2D eigenvalue weighted by Crippen LogP contribution is -2.47. The van der Waals surface area contributed by atoms with Crippen molar-refractivity contribution in [2.45, 2.75) is 12.6 Å². The number of alkyl halides is 3. The molecule has 0 amide bonds. The monoisotopic (exact) mass is 418 g/mol. The van der Waals surface area contributed by atoms with E-state index in [2.05, 4.69) is 9.88 Å². The van der Waals surface area contributed by atoms with Gasteiger partial charge >= 0.3 is 11.9 Å². The summed E-state index contributed by atoms with van der Waals surface area (Å²) in [5, 5.41) is 0. The molecule has 3 aromatic rings. The maximum atomic E-state index is 12.9. The number of aromatic amines is 1. The lowest BCUT2D eigenvalue weighted by Gasteiger charge is -2.36. The third kappa shape index (κ3) is 4.11. The Labute approximate surface area is 170 Å². The smallest absolute Gasteiger partial charge is 0.369 e. The van der Waals surface area contributed by atoms with Gasteiger partial charge in [-0.1, -0.05) is 18.2 Å². The van der Waals surface area contributed by atoms with Crippen molar-refractivity contribution < 1.29 is 18.0 Å². The molecule has 1 N–H and O–H groups in total. The molecule has 0 radical (unpaired) electrons. The Morgan fingerprint density at radius 3 is 2.47 bits per heavy atom. The van der Waals surface area contributed by atoms with Gasteiger partial charge in [0.05, 0.1) is 16.6 Å². The van der Waals surface area contributed by atoms with Crippen LogP contribution in [0.4, 0.5) is 18.9 Å². The molecule has 4 rings (SSSR count). The van der Waals surface area contributed by atoms with Crippen molar-refractivity contribution in [1.82, 2.24) is 14.5 Å². The molecule has 0 saturated carbocycles. The van der Waals surface area contributed by atoms with Crippen LogP contribution >= 0.6 is 0 Å². The van der Waals surface area contributed by atoms with E-state index in [1.807, 2.05) is 4.90 Å². The van der Waals surface area contributed by atoms with Crippen molar-refractivity contribution in [1.29, 1.82) is 0 Å². The summed E-state index contributed by atoms with van der Waals surface area (Å²) in [6.45, 7) is 2.89. The number of carbonyl (C=O) groups excluding carboxylic acids is 1. The number of benzene rings is 2. The molecule has 0 spiro atoms. The first-order chi connectivity index (χ1) is 14.3. The third-order valence-electron chi connectivity index (χ3n) is 5.39. The van der Waals surface area contributed by atoms with Crippen LogP contribution in [0, 0.1) is 0 Å². The van der Waals surface area contributed by atoms with Crippen LogP contribution in [0.3, 0.4) is 0 Å². The zero-order chi connectivity index (χ0) is 21.3. The van der Waals surface area contributed by atoms with E-state index >= 15 is 0 Å².